The van der Waals surface area contributed by atoms with E-state index in [4.69, 9.17) is 4.74 Å². The van der Waals surface area contributed by atoms with Crippen molar-refractivity contribution in [3.05, 3.63) is 18.1 Å². The standard InChI is InChI=1S/C14H21N5O/c1-3-11-8-13(19-14(17-11)15-10-16-19)18(4-2)9-12-6-5-7-20-12/h8,10,12H,3-7,9H2,1-2H3. The van der Waals surface area contributed by atoms with Crippen LogP contribution in [0.3, 0.4) is 0 Å². The zero-order chi connectivity index (χ0) is 13.9. The van der Waals surface area contributed by atoms with Crippen molar-refractivity contribution in [1.29, 1.82) is 0 Å². The number of hydrogen-bond donors (Lipinski definition) is 0. The second-order valence-corrected chi connectivity index (χ2v) is 5.10. The van der Waals surface area contributed by atoms with Gasteiger partial charge in [0.05, 0.1) is 6.10 Å². The minimum atomic E-state index is 0.326. The molecule has 0 amide bonds. The molecule has 1 unspecified atom stereocenters. The van der Waals surface area contributed by atoms with Crippen molar-refractivity contribution in [3.8, 4) is 0 Å². The first-order valence-electron chi connectivity index (χ1n) is 7.38. The number of hydrogen-bond acceptors (Lipinski definition) is 5. The molecule has 20 heavy (non-hydrogen) atoms. The van der Waals surface area contributed by atoms with E-state index in [2.05, 4.69) is 39.9 Å². The van der Waals surface area contributed by atoms with Crippen LogP contribution in [0.15, 0.2) is 12.4 Å². The molecule has 3 heterocycles. The Balaban J connectivity index is 1.94. The maximum atomic E-state index is 5.75. The van der Waals surface area contributed by atoms with E-state index in [1.54, 1.807) is 6.33 Å². The molecule has 108 valence electrons. The molecule has 0 saturated carbocycles. The molecular formula is C14H21N5O. The molecular weight excluding hydrogens is 254 g/mol. The van der Waals surface area contributed by atoms with Crippen molar-refractivity contribution in [1.82, 2.24) is 19.6 Å². The molecule has 0 radical (unpaired) electrons. The van der Waals surface area contributed by atoms with Crippen molar-refractivity contribution < 1.29 is 4.74 Å². The SMILES string of the molecule is CCc1cc(N(CC)CC2CCCO2)n2ncnc2n1. The second kappa shape index (κ2) is 5.75. The zero-order valence-electron chi connectivity index (χ0n) is 12.1. The first-order valence-corrected chi connectivity index (χ1v) is 7.38. The van der Waals surface area contributed by atoms with E-state index in [0.29, 0.717) is 11.9 Å². The van der Waals surface area contributed by atoms with Crippen LogP contribution >= 0.6 is 0 Å². The molecule has 1 atom stereocenters. The molecule has 1 saturated heterocycles. The van der Waals surface area contributed by atoms with Gasteiger partial charge in [-0.2, -0.15) is 14.6 Å². The molecule has 3 rings (SSSR count). The van der Waals surface area contributed by atoms with Gasteiger partial charge in [-0.3, -0.25) is 0 Å². The number of nitrogens with zero attached hydrogens (tertiary/aromatic N) is 5. The van der Waals surface area contributed by atoms with Gasteiger partial charge >= 0.3 is 0 Å². The van der Waals surface area contributed by atoms with E-state index in [1.807, 2.05) is 4.52 Å². The predicted molar refractivity (Wildman–Crippen MR) is 77.0 cm³/mol. The smallest absolute Gasteiger partial charge is 0.254 e. The Morgan fingerprint density at radius 2 is 2.35 bits per heavy atom. The van der Waals surface area contributed by atoms with Gasteiger partial charge in [0.25, 0.3) is 5.78 Å². The Morgan fingerprint density at radius 3 is 3.05 bits per heavy atom. The highest BCUT2D eigenvalue weighted by Gasteiger charge is 2.21. The summed E-state index contributed by atoms with van der Waals surface area (Å²) in [6, 6.07) is 2.11. The summed E-state index contributed by atoms with van der Waals surface area (Å²) in [4.78, 5) is 11.0. The normalized spacial score (nSPS) is 18.8. The largest absolute Gasteiger partial charge is 0.376 e. The lowest BCUT2D eigenvalue weighted by molar-refractivity contribution is 0.115. The number of likely N-dealkylation sites (N-methyl/N-ethyl adjacent to an activating group) is 1. The lowest BCUT2D eigenvalue weighted by atomic mass is 10.2. The minimum Gasteiger partial charge on any atom is -0.376 e. The van der Waals surface area contributed by atoms with Crippen molar-refractivity contribution in [3.63, 3.8) is 0 Å². The highest BCUT2D eigenvalue weighted by Crippen LogP contribution is 2.20. The number of fused-ring (bicyclic) bond motifs is 1. The number of rotatable bonds is 5. The first kappa shape index (κ1) is 13.3. The van der Waals surface area contributed by atoms with Gasteiger partial charge in [-0.05, 0) is 26.2 Å². The molecule has 1 aliphatic rings. The Kier molecular flexibility index (Phi) is 3.82. The maximum Gasteiger partial charge on any atom is 0.254 e. The topological polar surface area (TPSA) is 55.6 Å². The average molecular weight is 275 g/mol. The molecule has 0 aromatic carbocycles. The summed E-state index contributed by atoms with van der Waals surface area (Å²) >= 11 is 0. The van der Waals surface area contributed by atoms with E-state index >= 15 is 0 Å². The van der Waals surface area contributed by atoms with Crippen LogP contribution in [0.2, 0.25) is 0 Å². The number of anilines is 1. The summed E-state index contributed by atoms with van der Waals surface area (Å²) in [6.45, 7) is 6.97. The monoisotopic (exact) mass is 275 g/mol. The lowest BCUT2D eigenvalue weighted by Gasteiger charge is -2.26. The van der Waals surface area contributed by atoms with Gasteiger partial charge < -0.3 is 9.64 Å². The summed E-state index contributed by atoms with van der Waals surface area (Å²) < 4.78 is 7.57. The predicted octanol–water partition coefficient (Wildman–Crippen LogP) is 1.69. The van der Waals surface area contributed by atoms with E-state index in [0.717, 1.165) is 50.5 Å². The molecule has 2 aromatic heterocycles. The quantitative estimate of drug-likeness (QED) is 0.831. The van der Waals surface area contributed by atoms with Gasteiger partial charge in [-0.1, -0.05) is 6.92 Å². The van der Waals surface area contributed by atoms with Crippen molar-refractivity contribution in [2.45, 2.75) is 39.2 Å². The number of aryl methyl sites for hydroxylation is 1. The van der Waals surface area contributed by atoms with E-state index in [1.165, 1.54) is 0 Å². The fourth-order valence-electron chi connectivity index (χ4n) is 2.67. The Bertz CT molecular complexity index is 576. The summed E-state index contributed by atoms with van der Waals surface area (Å²) in [5, 5.41) is 4.30. The first-order chi connectivity index (χ1) is 9.81. The summed E-state index contributed by atoms with van der Waals surface area (Å²) in [5.74, 6) is 1.73. The van der Waals surface area contributed by atoms with Crippen LogP contribution < -0.4 is 4.90 Å². The van der Waals surface area contributed by atoms with Gasteiger partial charge in [0.1, 0.15) is 12.1 Å². The summed E-state index contributed by atoms with van der Waals surface area (Å²) in [7, 11) is 0. The van der Waals surface area contributed by atoms with Crippen molar-refractivity contribution >= 4 is 11.6 Å². The number of aromatic nitrogens is 4. The van der Waals surface area contributed by atoms with E-state index in [-0.39, 0.29) is 0 Å². The van der Waals surface area contributed by atoms with Crippen LogP contribution in [0.1, 0.15) is 32.4 Å². The van der Waals surface area contributed by atoms with Crippen molar-refractivity contribution in [2.24, 2.45) is 0 Å². The van der Waals surface area contributed by atoms with Crippen molar-refractivity contribution in [2.75, 3.05) is 24.6 Å². The Labute approximate surface area is 118 Å². The number of ether oxygens (including phenoxy) is 1. The third-order valence-corrected chi connectivity index (χ3v) is 3.80. The Hall–Kier alpha value is -1.69. The molecule has 1 aliphatic heterocycles. The lowest BCUT2D eigenvalue weighted by Crippen LogP contribution is -2.33. The van der Waals surface area contributed by atoms with Gasteiger partial charge in [-0.15, -0.1) is 0 Å². The molecule has 0 spiro atoms. The molecule has 6 heteroatoms. The van der Waals surface area contributed by atoms with Crippen LogP contribution in [0, 0.1) is 0 Å². The van der Waals surface area contributed by atoms with E-state index in [9.17, 15) is 0 Å². The van der Waals surface area contributed by atoms with Gasteiger partial charge in [0.2, 0.25) is 0 Å². The van der Waals surface area contributed by atoms with Gasteiger partial charge in [0.15, 0.2) is 0 Å². The zero-order valence-corrected chi connectivity index (χ0v) is 12.1. The van der Waals surface area contributed by atoms with E-state index < -0.39 is 0 Å². The molecule has 6 nitrogen and oxygen atoms in total. The highest BCUT2D eigenvalue weighted by atomic mass is 16.5. The fraction of sp³-hybridized carbons (Fsp3) is 0.643. The molecule has 2 aromatic rings. The fourth-order valence-corrected chi connectivity index (χ4v) is 2.67. The third-order valence-electron chi connectivity index (χ3n) is 3.80. The van der Waals surface area contributed by atoms with Crippen LogP contribution in [-0.2, 0) is 11.2 Å². The Morgan fingerprint density at radius 1 is 1.45 bits per heavy atom. The van der Waals surface area contributed by atoms with Gasteiger partial charge in [0, 0.05) is 31.5 Å². The van der Waals surface area contributed by atoms with Gasteiger partial charge in [-0.25, -0.2) is 4.98 Å². The summed E-state index contributed by atoms with van der Waals surface area (Å²) in [5.41, 5.74) is 1.05. The van der Waals surface area contributed by atoms with Crippen LogP contribution in [0.4, 0.5) is 5.82 Å². The molecule has 1 fully saturated rings. The minimum absolute atomic E-state index is 0.326. The molecule has 0 N–H and O–H groups in total. The highest BCUT2D eigenvalue weighted by molar-refractivity contribution is 5.47. The second-order valence-electron chi connectivity index (χ2n) is 5.10. The third kappa shape index (κ3) is 2.47. The average Bonchev–Trinajstić information content (AvgIpc) is 3.14. The van der Waals surface area contributed by atoms with Crippen LogP contribution in [0.5, 0.6) is 0 Å². The molecule has 0 aliphatic carbocycles. The van der Waals surface area contributed by atoms with Crippen LogP contribution in [-0.4, -0.2) is 45.4 Å². The summed E-state index contributed by atoms with van der Waals surface area (Å²) in [6.07, 6.45) is 5.09. The van der Waals surface area contributed by atoms with Crippen LogP contribution in [0.25, 0.3) is 5.78 Å². The maximum absolute atomic E-state index is 5.75. The molecule has 0 bridgehead atoms.